The molecule has 1 saturated heterocycles. The number of benzene rings is 1. The number of ether oxygens (including phenoxy) is 3. The number of nitrogens with one attached hydrogen (secondary N) is 1. The number of nitrogens with zero attached hydrogens (tertiary/aromatic N) is 2. The molecular weight excluding hydrogens is 378 g/mol. The summed E-state index contributed by atoms with van der Waals surface area (Å²) in [6.45, 7) is 9.77. The number of hydrogen-bond acceptors (Lipinski definition) is 6. The van der Waals surface area contributed by atoms with Gasteiger partial charge < -0.3 is 19.5 Å². The molecule has 1 aliphatic heterocycles. The molecule has 6 nitrogen and oxygen atoms in total. The van der Waals surface area contributed by atoms with Gasteiger partial charge in [0, 0.05) is 48.5 Å². The Balaban J connectivity index is 1.56. The van der Waals surface area contributed by atoms with Gasteiger partial charge in [-0.3, -0.25) is 9.88 Å². The van der Waals surface area contributed by atoms with Crippen LogP contribution in [0.4, 0.5) is 5.69 Å². The van der Waals surface area contributed by atoms with E-state index >= 15 is 0 Å². The minimum Gasteiger partial charge on any atom is -0.493 e. The van der Waals surface area contributed by atoms with Crippen LogP contribution in [0.25, 0.3) is 10.9 Å². The third-order valence-electron chi connectivity index (χ3n) is 5.96. The third-order valence-corrected chi connectivity index (χ3v) is 5.96. The predicted octanol–water partition coefficient (Wildman–Crippen LogP) is 4.04. The van der Waals surface area contributed by atoms with E-state index in [0.29, 0.717) is 12.6 Å². The number of hydrogen-bond donors (Lipinski definition) is 1. The zero-order valence-electron chi connectivity index (χ0n) is 18.6. The first-order chi connectivity index (χ1) is 14.7. The topological polar surface area (TPSA) is 55.8 Å². The maximum Gasteiger partial charge on any atom is 0.163 e. The Morgan fingerprint density at radius 2 is 1.93 bits per heavy atom. The lowest BCUT2D eigenvalue weighted by Crippen LogP contribution is -2.37. The van der Waals surface area contributed by atoms with E-state index in [2.05, 4.69) is 36.2 Å². The number of aryl methyl sites for hydroxylation is 1. The standard InChI is InChI=1S/C24H35N3O3/c1-17(2)25-24-18-7-4-5-8-20(18)26-21-16-23(22(28-3)15-19(21)24)30-12-6-9-27-10-13-29-14-11-27/h15-17H,4-14H2,1-3H3,(H,25,26). The summed E-state index contributed by atoms with van der Waals surface area (Å²) in [5.74, 6) is 1.56. The Kier molecular flexibility index (Phi) is 6.95. The summed E-state index contributed by atoms with van der Waals surface area (Å²) in [7, 11) is 1.71. The number of anilines is 1. The van der Waals surface area contributed by atoms with Crippen LogP contribution in [0.2, 0.25) is 0 Å². The Bertz CT molecular complexity index is 863. The van der Waals surface area contributed by atoms with Gasteiger partial charge in [0.05, 0.1) is 32.4 Å². The maximum atomic E-state index is 6.15. The highest BCUT2D eigenvalue weighted by Gasteiger charge is 2.21. The molecule has 1 aromatic carbocycles. The summed E-state index contributed by atoms with van der Waals surface area (Å²) in [5, 5.41) is 4.81. The van der Waals surface area contributed by atoms with E-state index in [0.717, 1.165) is 74.5 Å². The van der Waals surface area contributed by atoms with E-state index in [9.17, 15) is 0 Å². The van der Waals surface area contributed by atoms with Gasteiger partial charge >= 0.3 is 0 Å². The first-order valence-corrected chi connectivity index (χ1v) is 11.4. The van der Waals surface area contributed by atoms with Gasteiger partial charge in [-0.05, 0) is 57.6 Å². The lowest BCUT2D eigenvalue weighted by molar-refractivity contribution is 0.0357. The van der Waals surface area contributed by atoms with E-state index in [1.807, 2.05) is 0 Å². The Morgan fingerprint density at radius 1 is 1.13 bits per heavy atom. The normalized spacial score (nSPS) is 17.2. The fraction of sp³-hybridized carbons (Fsp3) is 0.625. The number of morpholine rings is 1. The summed E-state index contributed by atoms with van der Waals surface area (Å²) in [6.07, 6.45) is 5.58. The highest BCUT2D eigenvalue weighted by molar-refractivity contribution is 5.96. The summed E-state index contributed by atoms with van der Waals surface area (Å²) in [5.41, 5.74) is 4.83. The number of rotatable bonds is 8. The molecule has 1 N–H and O–H groups in total. The van der Waals surface area contributed by atoms with Gasteiger partial charge in [-0.1, -0.05) is 0 Å². The van der Waals surface area contributed by atoms with Crippen LogP contribution in [0.15, 0.2) is 12.1 Å². The second-order valence-electron chi connectivity index (χ2n) is 8.59. The molecule has 0 saturated carbocycles. The number of aromatic nitrogens is 1. The van der Waals surface area contributed by atoms with Crippen LogP contribution in [0.3, 0.4) is 0 Å². The van der Waals surface area contributed by atoms with E-state index < -0.39 is 0 Å². The van der Waals surface area contributed by atoms with Crippen LogP contribution >= 0.6 is 0 Å². The molecular formula is C24H35N3O3. The van der Waals surface area contributed by atoms with Crippen molar-refractivity contribution in [2.45, 2.75) is 52.0 Å². The smallest absolute Gasteiger partial charge is 0.163 e. The van der Waals surface area contributed by atoms with Crippen molar-refractivity contribution >= 4 is 16.6 Å². The molecule has 1 aromatic heterocycles. The molecule has 1 aliphatic carbocycles. The lowest BCUT2D eigenvalue weighted by atomic mass is 9.92. The van der Waals surface area contributed by atoms with Crippen molar-refractivity contribution in [3.63, 3.8) is 0 Å². The Labute approximate surface area is 179 Å². The molecule has 0 amide bonds. The number of pyridine rings is 1. The first kappa shape index (κ1) is 21.2. The minimum atomic E-state index is 0.365. The van der Waals surface area contributed by atoms with E-state index in [4.69, 9.17) is 19.2 Å². The highest BCUT2D eigenvalue weighted by Crippen LogP contribution is 2.39. The van der Waals surface area contributed by atoms with Crippen LogP contribution < -0.4 is 14.8 Å². The van der Waals surface area contributed by atoms with Crippen LogP contribution in [0, 0.1) is 0 Å². The predicted molar refractivity (Wildman–Crippen MR) is 121 cm³/mol. The zero-order chi connectivity index (χ0) is 20.9. The monoisotopic (exact) mass is 413 g/mol. The lowest BCUT2D eigenvalue weighted by Gasteiger charge is -2.26. The van der Waals surface area contributed by atoms with Gasteiger partial charge in [0.25, 0.3) is 0 Å². The van der Waals surface area contributed by atoms with Crippen LogP contribution in [-0.2, 0) is 17.6 Å². The molecule has 0 atom stereocenters. The Hall–Kier alpha value is -2.05. The number of methoxy groups -OCH3 is 1. The summed E-state index contributed by atoms with van der Waals surface area (Å²) in [6, 6.07) is 4.52. The fourth-order valence-electron chi connectivity index (χ4n) is 4.45. The molecule has 0 radical (unpaired) electrons. The molecule has 2 aromatic rings. The molecule has 30 heavy (non-hydrogen) atoms. The molecule has 6 heteroatoms. The Morgan fingerprint density at radius 3 is 2.70 bits per heavy atom. The van der Waals surface area contributed by atoms with Crippen LogP contribution in [0.1, 0.15) is 44.4 Å². The molecule has 164 valence electrons. The minimum absolute atomic E-state index is 0.365. The summed E-state index contributed by atoms with van der Waals surface area (Å²) in [4.78, 5) is 7.46. The quantitative estimate of drug-likeness (QED) is 0.659. The van der Waals surface area contributed by atoms with Gasteiger partial charge in [-0.25, -0.2) is 0 Å². The zero-order valence-corrected chi connectivity index (χ0v) is 18.6. The van der Waals surface area contributed by atoms with Gasteiger partial charge in [0.1, 0.15) is 0 Å². The van der Waals surface area contributed by atoms with E-state index in [-0.39, 0.29) is 0 Å². The van der Waals surface area contributed by atoms with Gasteiger partial charge in [-0.15, -0.1) is 0 Å². The maximum absolute atomic E-state index is 6.15. The SMILES string of the molecule is COc1cc2c(NC(C)C)c3c(nc2cc1OCCCN1CCOCC1)CCCC3. The molecule has 4 rings (SSSR count). The van der Waals surface area contributed by atoms with Crippen LogP contribution in [-0.4, -0.2) is 62.5 Å². The van der Waals surface area contributed by atoms with Crippen molar-refractivity contribution in [2.24, 2.45) is 0 Å². The fourth-order valence-corrected chi connectivity index (χ4v) is 4.45. The number of fused-ring (bicyclic) bond motifs is 2. The molecule has 2 aliphatic rings. The summed E-state index contributed by atoms with van der Waals surface area (Å²) < 4.78 is 17.3. The average Bonchev–Trinajstić information content (AvgIpc) is 2.76. The highest BCUT2D eigenvalue weighted by atomic mass is 16.5. The third kappa shape index (κ3) is 4.81. The van der Waals surface area contributed by atoms with Crippen molar-refractivity contribution in [3.05, 3.63) is 23.4 Å². The van der Waals surface area contributed by atoms with E-state index in [1.54, 1.807) is 7.11 Å². The van der Waals surface area contributed by atoms with E-state index in [1.165, 1.54) is 29.8 Å². The van der Waals surface area contributed by atoms with Crippen molar-refractivity contribution in [3.8, 4) is 11.5 Å². The van der Waals surface area contributed by atoms with Crippen LogP contribution in [0.5, 0.6) is 11.5 Å². The van der Waals surface area contributed by atoms with Crippen molar-refractivity contribution in [1.29, 1.82) is 0 Å². The second kappa shape index (κ2) is 9.84. The first-order valence-electron chi connectivity index (χ1n) is 11.4. The molecule has 2 heterocycles. The van der Waals surface area contributed by atoms with Gasteiger partial charge in [0.15, 0.2) is 11.5 Å². The van der Waals surface area contributed by atoms with Gasteiger partial charge in [0.2, 0.25) is 0 Å². The van der Waals surface area contributed by atoms with Crippen molar-refractivity contribution < 1.29 is 14.2 Å². The van der Waals surface area contributed by atoms with Gasteiger partial charge in [-0.2, -0.15) is 0 Å². The van der Waals surface area contributed by atoms with Crippen molar-refractivity contribution in [2.75, 3.05) is 51.9 Å². The second-order valence-corrected chi connectivity index (χ2v) is 8.59. The molecule has 1 fully saturated rings. The summed E-state index contributed by atoms with van der Waals surface area (Å²) >= 11 is 0. The van der Waals surface area contributed by atoms with Crippen molar-refractivity contribution in [1.82, 2.24) is 9.88 Å². The molecule has 0 unspecified atom stereocenters. The average molecular weight is 414 g/mol. The molecule has 0 bridgehead atoms. The molecule has 0 spiro atoms. The largest absolute Gasteiger partial charge is 0.493 e.